The molecular formula is C17H15NO3. The van der Waals surface area contributed by atoms with E-state index in [4.69, 9.17) is 9.52 Å². The lowest BCUT2D eigenvalue weighted by Crippen LogP contribution is -1.95. The smallest absolute Gasteiger partial charge is 0.339 e. The van der Waals surface area contributed by atoms with Crippen molar-refractivity contribution in [1.29, 1.82) is 0 Å². The fourth-order valence-electron chi connectivity index (χ4n) is 2.39. The molecular weight excluding hydrogens is 266 g/mol. The Morgan fingerprint density at radius 1 is 1.19 bits per heavy atom. The van der Waals surface area contributed by atoms with Crippen molar-refractivity contribution in [2.75, 3.05) is 0 Å². The van der Waals surface area contributed by atoms with E-state index < -0.39 is 5.97 Å². The van der Waals surface area contributed by atoms with Gasteiger partial charge in [-0.05, 0) is 31.0 Å². The minimum absolute atomic E-state index is 0.154. The first-order valence-electron chi connectivity index (χ1n) is 6.81. The van der Waals surface area contributed by atoms with E-state index in [1.54, 1.807) is 12.1 Å². The number of rotatable bonds is 4. The Morgan fingerprint density at radius 2 is 2.00 bits per heavy atom. The first kappa shape index (κ1) is 13.4. The summed E-state index contributed by atoms with van der Waals surface area (Å²) >= 11 is 0. The monoisotopic (exact) mass is 281 g/mol. The zero-order valence-corrected chi connectivity index (χ0v) is 11.7. The summed E-state index contributed by atoms with van der Waals surface area (Å²) in [7, 11) is 0. The fourth-order valence-corrected chi connectivity index (χ4v) is 2.39. The van der Waals surface area contributed by atoms with Gasteiger partial charge in [-0.1, -0.05) is 35.9 Å². The van der Waals surface area contributed by atoms with Gasteiger partial charge in [0.25, 0.3) is 0 Å². The number of aromatic carboxylic acids is 1. The van der Waals surface area contributed by atoms with E-state index in [1.165, 1.54) is 17.2 Å². The number of benzene rings is 2. The molecule has 0 aliphatic carbocycles. The highest BCUT2D eigenvalue weighted by Gasteiger charge is 2.14. The van der Waals surface area contributed by atoms with Crippen LogP contribution in [0.2, 0.25) is 0 Å². The third-order valence-electron chi connectivity index (χ3n) is 3.40. The Balaban J connectivity index is 1.85. The molecule has 106 valence electrons. The summed E-state index contributed by atoms with van der Waals surface area (Å²) in [4.78, 5) is 15.5. The molecule has 1 aromatic heterocycles. The van der Waals surface area contributed by atoms with E-state index >= 15 is 0 Å². The summed E-state index contributed by atoms with van der Waals surface area (Å²) in [6, 6.07) is 13.3. The molecule has 0 atom stereocenters. The summed E-state index contributed by atoms with van der Waals surface area (Å²) in [5.74, 6) is -0.429. The van der Waals surface area contributed by atoms with E-state index in [0.717, 1.165) is 6.42 Å². The second kappa shape index (κ2) is 5.40. The molecule has 0 aliphatic rings. The van der Waals surface area contributed by atoms with E-state index in [2.05, 4.69) is 30.1 Å². The van der Waals surface area contributed by atoms with Crippen molar-refractivity contribution in [3.8, 4) is 0 Å². The number of para-hydroxylation sites is 1. The van der Waals surface area contributed by atoms with Crippen LogP contribution in [0.25, 0.3) is 11.1 Å². The number of hydrogen-bond donors (Lipinski definition) is 1. The van der Waals surface area contributed by atoms with Crippen LogP contribution in [-0.2, 0) is 12.8 Å². The Bertz CT molecular complexity index is 805. The molecule has 4 nitrogen and oxygen atoms in total. The number of nitrogens with zero attached hydrogens (tertiary/aromatic N) is 1. The van der Waals surface area contributed by atoms with Gasteiger partial charge in [0.2, 0.25) is 0 Å². The minimum atomic E-state index is -0.998. The van der Waals surface area contributed by atoms with Gasteiger partial charge in [0.15, 0.2) is 11.5 Å². The molecule has 0 fully saturated rings. The van der Waals surface area contributed by atoms with Gasteiger partial charge in [-0.15, -0.1) is 0 Å². The lowest BCUT2D eigenvalue weighted by atomic mass is 10.1. The highest BCUT2D eigenvalue weighted by molar-refractivity contribution is 5.99. The summed E-state index contributed by atoms with van der Waals surface area (Å²) in [5, 5.41) is 9.14. The van der Waals surface area contributed by atoms with Crippen molar-refractivity contribution in [3.63, 3.8) is 0 Å². The lowest BCUT2D eigenvalue weighted by molar-refractivity contribution is 0.0698. The Morgan fingerprint density at radius 3 is 2.76 bits per heavy atom. The SMILES string of the molecule is Cc1cccc(CCc2nc3cccc(C(=O)O)c3o2)c1. The van der Waals surface area contributed by atoms with Crippen LogP contribution >= 0.6 is 0 Å². The van der Waals surface area contributed by atoms with Crippen LogP contribution < -0.4 is 0 Å². The van der Waals surface area contributed by atoms with Gasteiger partial charge in [0.1, 0.15) is 11.1 Å². The van der Waals surface area contributed by atoms with Crippen molar-refractivity contribution >= 4 is 17.1 Å². The molecule has 0 saturated carbocycles. The quantitative estimate of drug-likeness (QED) is 0.793. The summed E-state index contributed by atoms with van der Waals surface area (Å²) < 4.78 is 5.62. The molecule has 0 saturated heterocycles. The summed E-state index contributed by atoms with van der Waals surface area (Å²) in [6.45, 7) is 2.06. The standard InChI is InChI=1S/C17H15NO3/c1-11-4-2-5-12(10-11)8-9-15-18-14-7-3-6-13(17(19)20)16(14)21-15/h2-7,10H,8-9H2,1H3,(H,19,20). The van der Waals surface area contributed by atoms with Crippen LogP contribution in [0.15, 0.2) is 46.9 Å². The third-order valence-corrected chi connectivity index (χ3v) is 3.40. The molecule has 3 aromatic rings. The van der Waals surface area contributed by atoms with Gasteiger partial charge in [0, 0.05) is 6.42 Å². The molecule has 1 heterocycles. The molecule has 2 aromatic carbocycles. The van der Waals surface area contributed by atoms with Crippen molar-refractivity contribution in [3.05, 3.63) is 65.0 Å². The molecule has 0 unspecified atom stereocenters. The Labute approximate surface area is 122 Å². The normalized spacial score (nSPS) is 10.9. The molecule has 21 heavy (non-hydrogen) atoms. The van der Waals surface area contributed by atoms with Gasteiger partial charge in [-0.3, -0.25) is 0 Å². The van der Waals surface area contributed by atoms with Crippen molar-refractivity contribution in [2.24, 2.45) is 0 Å². The molecule has 1 N–H and O–H groups in total. The predicted octanol–water partition coefficient (Wildman–Crippen LogP) is 3.62. The first-order chi connectivity index (χ1) is 10.1. The number of fused-ring (bicyclic) bond motifs is 1. The van der Waals surface area contributed by atoms with Gasteiger partial charge in [0.05, 0.1) is 0 Å². The molecule has 0 aliphatic heterocycles. The van der Waals surface area contributed by atoms with Gasteiger partial charge < -0.3 is 9.52 Å². The maximum absolute atomic E-state index is 11.2. The van der Waals surface area contributed by atoms with Crippen LogP contribution in [0.4, 0.5) is 0 Å². The van der Waals surface area contributed by atoms with Gasteiger partial charge >= 0.3 is 5.97 Å². The largest absolute Gasteiger partial charge is 0.478 e. The van der Waals surface area contributed by atoms with Crippen LogP contribution in [0.5, 0.6) is 0 Å². The number of oxazole rings is 1. The number of aryl methyl sites for hydroxylation is 3. The number of aromatic nitrogens is 1. The third kappa shape index (κ3) is 2.79. The summed E-state index contributed by atoms with van der Waals surface area (Å²) in [5.41, 5.74) is 3.54. The van der Waals surface area contributed by atoms with Crippen molar-refractivity contribution in [2.45, 2.75) is 19.8 Å². The highest BCUT2D eigenvalue weighted by atomic mass is 16.4. The molecule has 0 bridgehead atoms. The van der Waals surface area contributed by atoms with Gasteiger partial charge in [-0.2, -0.15) is 0 Å². The van der Waals surface area contributed by atoms with Gasteiger partial charge in [-0.25, -0.2) is 9.78 Å². The average molecular weight is 281 g/mol. The second-order valence-electron chi connectivity index (χ2n) is 5.06. The maximum Gasteiger partial charge on any atom is 0.339 e. The average Bonchev–Trinajstić information content (AvgIpc) is 2.87. The molecule has 0 spiro atoms. The number of hydrogen-bond acceptors (Lipinski definition) is 3. The van der Waals surface area contributed by atoms with E-state index in [-0.39, 0.29) is 5.56 Å². The van der Waals surface area contributed by atoms with Crippen molar-refractivity contribution in [1.82, 2.24) is 4.98 Å². The number of carboxylic acid groups (broad SMARTS) is 1. The fraction of sp³-hybridized carbons (Fsp3) is 0.176. The van der Waals surface area contributed by atoms with E-state index in [0.29, 0.717) is 23.4 Å². The van der Waals surface area contributed by atoms with E-state index in [9.17, 15) is 4.79 Å². The zero-order chi connectivity index (χ0) is 14.8. The topological polar surface area (TPSA) is 63.3 Å². The van der Waals surface area contributed by atoms with E-state index in [1.807, 2.05) is 6.07 Å². The number of carboxylic acids is 1. The molecule has 0 radical (unpaired) electrons. The Hall–Kier alpha value is -2.62. The van der Waals surface area contributed by atoms with Crippen LogP contribution in [0, 0.1) is 6.92 Å². The molecule has 3 rings (SSSR count). The van der Waals surface area contributed by atoms with Crippen LogP contribution in [0.1, 0.15) is 27.4 Å². The zero-order valence-electron chi connectivity index (χ0n) is 11.7. The first-order valence-corrected chi connectivity index (χ1v) is 6.81. The predicted molar refractivity (Wildman–Crippen MR) is 79.6 cm³/mol. The van der Waals surface area contributed by atoms with Crippen LogP contribution in [-0.4, -0.2) is 16.1 Å². The lowest BCUT2D eigenvalue weighted by Gasteiger charge is -2.00. The second-order valence-corrected chi connectivity index (χ2v) is 5.06. The van der Waals surface area contributed by atoms with Crippen molar-refractivity contribution < 1.29 is 14.3 Å². The molecule has 0 amide bonds. The highest BCUT2D eigenvalue weighted by Crippen LogP contribution is 2.21. The maximum atomic E-state index is 11.2. The summed E-state index contributed by atoms with van der Waals surface area (Å²) in [6.07, 6.45) is 1.47. The Kier molecular flexibility index (Phi) is 3.44. The molecule has 4 heteroatoms. The van der Waals surface area contributed by atoms with Crippen LogP contribution in [0.3, 0.4) is 0 Å². The number of carbonyl (C=O) groups is 1. The minimum Gasteiger partial charge on any atom is -0.478 e.